The Morgan fingerprint density at radius 2 is 1.84 bits per heavy atom. The number of nitrogens with one attached hydrogen (secondary N) is 1. The first-order valence-corrected chi connectivity index (χ1v) is 7.44. The Balaban J connectivity index is 2.24. The smallest absolute Gasteiger partial charge is 0.126 e. The lowest BCUT2D eigenvalue weighted by molar-refractivity contribution is 0.476. The molecule has 110 valence electrons. The second-order valence-electron chi connectivity index (χ2n) is 5.24. The van der Waals surface area contributed by atoms with Crippen LogP contribution in [0.3, 0.4) is 0 Å². The van der Waals surface area contributed by atoms with Gasteiger partial charge in [-0.2, -0.15) is 5.10 Å². The molecule has 0 amide bonds. The standard InChI is InChI=1S/C14H29N5/c1-3-4-5-6-7-8-9-10-13(18-16)12-11-17-19(2)14(12)15/h11,13,18H,3-10,15-16H2,1-2H3. The molecular formula is C14H29N5. The highest BCUT2D eigenvalue weighted by atomic mass is 15.3. The molecule has 1 heterocycles. The Bertz CT molecular complexity index is 348. The summed E-state index contributed by atoms with van der Waals surface area (Å²) in [4.78, 5) is 0. The minimum Gasteiger partial charge on any atom is -0.384 e. The summed E-state index contributed by atoms with van der Waals surface area (Å²) in [5.74, 6) is 6.32. The number of hydrazine groups is 1. The van der Waals surface area contributed by atoms with Gasteiger partial charge >= 0.3 is 0 Å². The molecule has 0 aliphatic rings. The van der Waals surface area contributed by atoms with E-state index in [1.165, 1.54) is 44.9 Å². The molecule has 0 spiro atoms. The number of nitrogens with two attached hydrogens (primary N) is 2. The second-order valence-corrected chi connectivity index (χ2v) is 5.24. The number of nitrogens with zero attached hydrogens (tertiary/aromatic N) is 2. The predicted octanol–water partition coefficient (Wildman–Crippen LogP) is 2.65. The molecule has 0 aliphatic carbocycles. The van der Waals surface area contributed by atoms with Crippen LogP contribution in [0.2, 0.25) is 0 Å². The van der Waals surface area contributed by atoms with Gasteiger partial charge in [0.25, 0.3) is 0 Å². The molecule has 19 heavy (non-hydrogen) atoms. The van der Waals surface area contributed by atoms with Crippen LogP contribution in [-0.4, -0.2) is 9.78 Å². The van der Waals surface area contributed by atoms with Crippen molar-refractivity contribution in [2.24, 2.45) is 12.9 Å². The Kier molecular flexibility index (Phi) is 7.52. The Hall–Kier alpha value is -1.07. The zero-order valence-electron chi connectivity index (χ0n) is 12.4. The van der Waals surface area contributed by atoms with Crippen molar-refractivity contribution in [2.45, 2.75) is 64.3 Å². The molecule has 0 bridgehead atoms. The molecule has 0 fully saturated rings. The fourth-order valence-electron chi connectivity index (χ4n) is 2.37. The monoisotopic (exact) mass is 267 g/mol. The highest BCUT2D eigenvalue weighted by Gasteiger charge is 2.15. The summed E-state index contributed by atoms with van der Waals surface area (Å²) < 4.78 is 1.68. The molecule has 0 aliphatic heterocycles. The Morgan fingerprint density at radius 1 is 1.21 bits per heavy atom. The zero-order chi connectivity index (χ0) is 14.1. The van der Waals surface area contributed by atoms with Gasteiger partial charge in [-0.15, -0.1) is 0 Å². The van der Waals surface area contributed by atoms with Gasteiger partial charge in [0.1, 0.15) is 5.82 Å². The van der Waals surface area contributed by atoms with Crippen molar-refractivity contribution in [2.75, 3.05) is 5.73 Å². The van der Waals surface area contributed by atoms with Crippen LogP contribution < -0.4 is 17.0 Å². The van der Waals surface area contributed by atoms with E-state index in [4.69, 9.17) is 11.6 Å². The Labute approximate surface area is 116 Å². The van der Waals surface area contributed by atoms with E-state index in [-0.39, 0.29) is 6.04 Å². The van der Waals surface area contributed by atoms with Gasteiger partial charge in [0.05, 0.1) is 12.2 Å². The van der Waals surface area contributed by atoms with Crippen molar-refractivity contribution in [3.8, 4) is 0 Å². The van der Waals surface area contributed by atoms with Crippen LogP contribution in [0.4, 0.5) is 5.82 Å². The number of nitrogen functional groups attached to an aromatic ring is 1. The normalized spacial score (nSPS) is 12.8. The van der Waals surface area contributed by atoms with Gasteiger partial charge in [-0.05, 0) is 6.42 Å². The van der Waals surface area contributed by atoms with Crippen molar-refractivity contribution in [3.63, 3.8) is 0 Å². The van der Waals surface area contributed by atoms with Crippen LogP contribution >= 0.6 is 0 Å². The van der Waals surface area contributed by atoms with Crippen molar-refractivity contribution < 1.29 is 0 Å². The lowest BCUT2D eigenvalue weighted by Gasteiger charge is -2.15. The predicted molar refractivity (Wildman–Crippen MR) is 80.3 cm³/mol. The maximum atomic E-state index is 5.97. The molecule has 0 radical (unpaired) electrons. The average Bonchev–Trinajstić information content (AvgIpc) is 2.74. The minimum absolute atomic E-state index is 0.115. The van der Waals surface area contributed by atoms with E-state index < -0.39 is 0 Å². The van der Waals surface area contributed by atoms with Crippen LogP contribution in [0.25, 0.3) is 0 Å². The molecule has 1 aromatic heterocycles. The molecule has 0 aromatic carbocycles. The van der Waals surface area contributed by atoms with E-state index >= 15 is 0 Å². The van der Waals surface area contributed by atoms with E-state index in [1.807, 2.05) is 7.05 Å². The van der Waals surface area contributed by atoms with Crippen molar-refractivity contribution in [3.05, 3.63) is 11.8 Å². The molecule has 5 nitrogen and oxygen atoms in total. The van der Waals surface area contributed by atoms with Gasteiger partial charge < -0.3 is 5.73 Å². The van der Waals surface area contributed by atoms with Gasteiger partial charge in [0.15, 0.2) is 0 Å². The first-order valence-electron chi connectivity index (χ1n) is 7.44. The summed E-state index contributed by atoms with van der Waals surface area (Å²) in [6.45, 7) is 2.25. The maximum absolute atomic E-state index is 5.97. The van der Waals surface area contributed by atoms with E-state index in [2.05, 4.69) is 17.4 Å². The lowest BCUT2D eigenvalue weighted by Crippen LogP contribution is -2.28. The van der Waals surface area contributed by atoms with Gasteiger partial charge in [0, 0.05) is 12.6 Å². The van der Waals surface area contributed by atoms with Gasteiger partial charge in [-0.1, -0.05) is 51.9 Å². The van der Waals surface area contributed by atoms with Gasteiger partial charge in [-0.25, -0.2) is 0 Å². The second kappa shape index (κ2) is 8.93. The largest absolute Gasteiger partial charge is 0.384 e. The zero-order valence-corrected chi connectivity index (χ0v) is 12.4. The topological polar surface area (TPSA) is 81.9 Å². The fraction of sp³-hybridized carbons (Fsp3) is 0.786. The maximum Gasteiger partial charge on any atom is 0.126 e. The molecule has 1 rings (SSSR count). The number of aryl methyl sites for hydroxylation is 1. The molecule has 1 unspecified atom stereocenters. The average molecular weight is 267 g/mol. The van der Waals surface area contributed by atoms with Crippen LogP contribution in [0.1, 0.15) is 69.9 Å². The number of hydrogen-bond acceptors (Lipinski definition) is 4. The third-order valence-corrected chi connectivity index (χ3v) is 3.69. The number of hydrogen-bond donors (Lipinski definition) is 3. The molecule has 5 N–H and O–H groups in total. The summed E-state index contributed by atoms with van der Waals surface area (Å²) >= 11 is 0. The number of anilines is 1. The number of aromatic nitrogens is 2. The summed E-state index contributed by atoms with van der Waals surface area (Å²) in [6.07, 6.45) is 12.0. The van der Waals surface area contributed by atoms with Crippen LogP contribution in [0.15, 0.2) is 6.20 Å². The highest BCUT2D eigenvalue weighted by Crippen LogP contribution is 2.24. The van der Waals surface area contributed by atoms with Crippen molar-refractivity contribution in [1.29, 1.82) is 0 Å². The molecule has 5 heteroatoms. The minimum atomic E-state index is 0.115. The van der Waals surface area contributed by atoms with Gasteiger partial charge in [0.2, 0.25) is 0 Å². The number of unbranched alkanes of at least 4 members (excludes halogenated alkanes) is 6. The quantitative estimate of drug-likeness (QED) is 0.346. The van der Waals surface area contributed by atoms with Crippen LogP contribution in [-0.2, 0) is 7.05 Å². The summed E-state index contributed by atoms with van der Waals surface area (Å²) in [5.41, 5.74) is 9.83. The fourth-order valence-corrected chi connectivity index (χ4v) is 2.37. The summed E-state index contributed by atoms with van der Waals surface area (Å²) in [7, 11) is 1.85. The van der Waals surface area contributed by atoms with Crippen LogP contribution in [0.5, 0.6) is 0 Å². The van der Waals surface area contributed by atoms with Crippen molar-refractivity contribution in [1.82, 2.24) is 15.2 Å². The molecular weight excluding hydrogens is 238 g/mol. The molecule has 1 aromatic rings. The van der Waals surface area contributed by atoms with Crippen molar-refractivity contribution >= 4 is 5.82 Å². The summed E-state index contributed by atoms with van der Waals surface area (Å²) in [6, 6.07) is 0.115. The summed E-state index contributed by atoms with van der Waals surface area (Å²) in [5, 5.41) is 4.16. The van der Waals surface area contributed by atoms with Crippen LogP contribution in [0, 0.1) is 0 Å². The van der Waals surface area contributed by atoms with E-state index in [0.29, 0.717) is 5.82 Å². The lowest BCUT2D eigenvalue weighted by atomic mass is 10.0. The first kappa shape index (κ1) is 16.0. The van der Waals surface area contributed by atoms with E-state index in [9.17, 15) is 0 Å². The van der Waals surface area contributed by atoms with Gasteiger partial charge in [-0.3, -0.25) is 16.0 Å². The third kappa shape index (κ3) is 5.20. The third-order valence-electron chi connectivity index (χ3n) is 3.69. The highest BCUT2D eigenvalue weighted by molar-refractivity contribution is 5.40. The van der Waals surface area contributed by atoms with E-state index in [1.54, 1.807) is 10.9 Å². The molecule has 0 saturated carbocycles. The Morgan fingerprint density at radius 3 is 2.37 bits per heavy atom. The first-order chi connectivity index (χ1) is 9.20. The molecule has 1 atom stereocenters. The SMILES string of the molecule is CCCCCCCCCC(NN)c1cnn(C)c1N. The number of rotatable bonds is 10. The van der Waals surface area contributed by atoms with E-state index in [0.717, 1.165) is 12.0 Å². The molecule has 0 saturated heterocycles.